The number of esters is 1. The summed E-state index contributed by atoms with van der Waals surface area (Å²) in [6.45, 7) is 6.61. The second-order valence-corrected chi connectivity index (χ2v) is 5.93. The number of carbonyl (C=O) groups excluding carboxylic acids is 3. The van der Waals surface area contributed by atoms with Crippen molar-refractivity contribution >= 4 is 23.6 Å². The van der Waals surface area contributed by atoms with Crippen LogP contribution < -0.4 is 10.6 Å². The van der Waals surface area contributed by atoms with Gasteiger partial charge in [0.2, 0.25) is 0 Å². The van der Waals surface area contributed by atoms with Gasteiger partial charge >= 0.3 is 5.97 Å². The van der Waals surface area contributed by atoms with Crippen molar-refractivity contribution in [1.29, 1.82) is 0 Å². The van der Waals surface area contributed by atoms with Crippen molar-refractivity contribution < 1.29 is 23.6 Å². The Bertz CT molecular complexity index is 828. The Kier molecular flexibility index (Phi) is 6.11. The number of hydrogen-bond donors (Lipinski definition) is 2. The summed E-state index contributed by atoms with van der Waals surface area (Å²) in [4.78, 5) is 35.8. The Morgan fingerprint density at radius 1 is 1.15 bits per heavy atom. The molecule has 2 rings (SSSR count). The first kappa shape index (κ1) is 19.2. The van der Waals surface area contributed by atoms with Gasteiger partial charge in [0.05, 0.1) is 0 Å². The van der Waals surface area contributed by atoms with E-state index in [9.17, 15) is 14.4 Å². The summed E-state index contributed by atoms with van der Waals surface area (Å²) in [5, 5.41) is 8.55. The van der Waals surface area contributed by atoms with Crippen molar-refractivity contribution in [3.05, 3.63) is 46.7 Å². The summed E-state index contributed by atoms with van der Waals surface area (Å²) in [6, 6.07) is 6.79. The highest BCUT2D eigenvalue weighted by Gasteiger charge is 2.19. The largest absolute Gasteiger partial charge is 0.451 e. The van der Waals surface area contributed by atoms with Crippen molar-refractivity contribution in [2.24, 2.45) is 0 Å². The Hall–Kier alpha value is -3.16. The number of aromatic nitrogens is 1. The number of nitrogens with zero attached hydrogens (tertiary/aromatic N) is 1. The molecule has 1 aromatic carbocycles. The maximum atomic E-state index is 12.1. The van der Waals surface area contributed by atoms with Gasteiger partial charge in [0.1, 0.15) is 12.3 Å². The second kappa shape index (κ2) is 8.28. The van der Waals surface area contributed by atoms with Crippen LogP contribution in [0.4, 0.5) is 5.82 Å². The third kappa shape index (κ3) is 5.17. The van der Waals surface area contributed by atoms with E-state index in [0.717, 1.165) is 11.1 Å². The van der Waals surface area contributed by atoms with Crippen LogP contribution in [0.5, 0.6) is 0 Å². The molecule has 0 spiro atoms. The zero-order valence-electron chi connectivity index (χ0n) is 15.1. The van der Waals surface area contributed by atoms with Crippen LogP contribution in [-0.2, 0) is 14.3 Å². The molecule has 8 heteroatoms. The number of rotatable bonds is 6. The number of carbonyl (C=O) groups is 3. The van der Waals surface area contributed by atoms with Crippen LogP contribution >= 0.6 is 0 Å². The molecule has 1 heterocycles. The highest BCUT2D eigenvalue weighted by atomic mass is 16.5. The molecule has 2 aromatic rings. The summed E-state index contributed by atoms with van der Waals surface area (Å²) < 4.78 is 9.83. The summed E-state index contributed by atoms with van der Waals surface area (Å²) in [7, 11) is 0. The van der Waals surface area contributed by atoms with Crippen LogP contribution in [0, 0.1) is 20.8 Å². The van der Waals surface area contributed by atoms with Crippen molar-refractivity contribution in [2.75, 3.05) is 11.9 Å². The van der Waals surface area contributed by atoms with Gasteiger partial charge in [-0.05, 0) is 51.0 Å². The quantitative estimate of drug-likeness (QED) is 0.762. The molecule has 2 amide bonds. The maximum absolute atomic E-state index is 12.1. The van der Waals surface area contributed by atoms with Crippen LogP contribution in [0.3, 0.4) is 0 Å². The number of aryl methyl sites for hydroxylation is 3. The monoisotopic (exact) mass is 359 g/mol. The fourth-order valence-electron chi connectivity index (χ4n) is 2.08. The van der Waals surface area contributed by atoms with E-state index in [2.05, 4.69) is 15.8 Å². The minimum atomic E-state index is -1.04. The van der Waals surface area contributed by atoms with Crippen LogP contribution in [0.15, 0.2) is 28.8 Å². The summed E-state index contributed by atoms with van der Waals surface area (Å²) in [6.07, 6.45) is -1.04. The molecule has 1 atom stereocenters. The molecule has 2 N–H and O–H groups in total. The molecule has 0 aliphatic rings. The molecule has 1 aromatic heterocycles. The highest BCUT2D eigenvalue weighted by molar-refractivity contribution is 5.97. The first-order valence-electron chi connectivity index (χ1n) is 8.05. The van der Waals surface area contributed by atoms with Crippen LogP contribution in [-0.4, -0.2) is 35.6 Å². The Balaban J connectivity index is 1.80. The summed E-state index contributed by atoms with van der Waals surface area (Å²) >= 11 is 0. The molecule has 0 fully saturated rings. The van der Waals surface area contributed by atoms with E-state index in [1.165, 1.54) is 13.0 Å². The van der Waals surface area contributed by atoms with Gasteiger partial charge in [-0.3, -0.25) is 14.4 Å². The van der Waals surface area contributed by atoms with E-state index >= 15 is 0 Å². The molecule has 0 aliphatic carbocycles. The molecule has 0 radical (unpaired) electrons. The van der Waals surface area contributed by atoms with Crippen molar-refractivity contribution in [3.8, 4) is 0 Å². The van der Waals surface area contributed by atoms with E-state index < -0.39 is 18.0 Å². The standard InChI is InChI=1S/C18H21N3O5/c1-10-5-6-14(7-11(10)2)18(24)19-9-16(22)25-13(4)17(23)20-15-8-12(3)26-21-15/h5-8,13H,9H2,1-4H3,(H,19,24)(H,20,21,23)/t13-/m0/s1. The van der Waals surface area contributed by atoms with Crippen LogP contribution in [0.25, 0.3) is 0 Å². The normalized spacial score (nSPS) is 11.5. The van der Waals surface area contributed by atoms with Gasteiger partial charge in [-0.1, -0.05) is 11.2 Å². The lowest BCUT2D eigenvalue weighted by Gasteiger charge is -2.13. The minimum Gasteiger partial charge on any atom is -0.451 e. The smallest absolute Gasteiger partial charge is 0.326 e. The van der Waals surface area contributed by atoms with Gasteiger partial charge < -0.3 is 19.9 Å². The summed E-state index contributed by atoms with van der Waals surface area (Å²) in [5.41, 5.74) is 2.50. The lowest BCUT2D eigenvalue weighted by Crippen LogP contribution is -2.35. The Morgan fingerprint density at radius 2 is 1.88 bits per heavy atom. The van der Waals surface area contributed by atoms with Crippen molar-refractivity contribution in [1.82, 2.24) is 10.5 Å². The lowest BCUT2D eigenvalue weighted by molar-refractivity contribution is -0.152. The number of amides is 2. The number of nitrogens with one attached hydrogen (secondary N) is 2. The van der Waals surface area contributed by atoms with Gasteiger partial charge in [-0.25, -0.2) is 0 Å². The lowest BCUT2D eigenvalue weighted by atomic mass is 10.1. The van der Waals surface area contributed by atoms with Gasteiger partial charge in [0.25, 0.3) is 11.8 Å². The molecule has 26 heavy (non-hydrogen) atoms. The first-order chi connectivity index (χ1) is 12.3. The fourth-order valence-corrected chi connectivity index (χ4v) is 2.08. The number of anilines is 1. The predicted octanol–water partition coefficient (Wildman–Crippen LogP) is 1.90. The second-order valence-electron chi connectivity index (χ2n) is 5.93. The molecule has 0 bridgehead atoms. The molecule has 8 nitrogen and oxygen atoms in total. The maximum Gasteiger partial charge on any atom is 0.326 e. The molecular formula is C18H21N3O5. The molecule has 0 unspecified atom stereocenters. The van der Waals surface area contributed by atoms with E-state index in [1.54, 1.807) is 19.1 Å². The topological polar surface area (TPSA) is 111 Å². The first-order valence-corrected chi connectivity index (χ1v) is 8.05. The fraction of sp³-hybridized carbons (Fsp3) is 0.333. The van der Waals surface area contributed by atoms with Crippen molar-refractivity contribution in [2.45, 2.75) is 33.8 Å². The van der Waals surface area contributed by atoms with Gasteiger partial charge in [0, 0.05) is 11.6 Å². The van der Waals surface area contributed by atoms with Gasteiger partial charge in [0.15, 0.2) is 11.9 Å². The third-order valence-electron chi connectivity index (χ3n) is 3.72. The predicted molar refractivity (Wildman–Crippen MR) is 93.7 cm³/mol. The van der Waals surface area contributed by atoms with Gasteiger partial charge in [-0.2, -0.15) is 0 Å². The van der Waals surface area contributed by atoms with E-state index in [4.69, 9.17) is 9.26 Å². The number of hydrogen-bond acceptors (Lipinski definition) is 6. The summed E-state index contributed by atoms with van der Waals surface area (Å²) in [5.74, 6) is -0.883. The van der Waals surface area contributed by atoms with Gasteiger partial charge in [-0.15, -0.1) is 0 Å². The molecule has 138 valence electrons. The average Bonchev–Trinajstić information content (AvgIpc) is 2.99. The van der Waals surface area contributed by atoms with E-state index in [1.807, 2.05) is 19.9 Å². The van der Waals surface area contributed by atoms with E-state index in [0.29, 0.717) is 11.3 Å². The Morgan fingerprint density at radius 3 is 2.50 bits per heavy atom. The number of ether oxygens (including phenoxy) is 1. The van der Waals surface area contributed by atoms with Crippen LogP contribution in [0.2, 0.25) is 0 Å². The molecular weight excluding hydrogens is 338 g/mol. The third-order valence-corrected chi connectivity index (χ3v) is 3.72. The zero-order chi connectivity index (χ0) is 19.3. The average molecular weight is 359 g/mol. The van der Waals surface area contributed by atoms with Crippen molar-refractivity contribution in [3.63, 3.8) is 0 Å². The Labute approximate surface area is 150 Å². The molecule has 0 saturated carbocycles. The SMILES string of the molecule is Cc1cc(NC(=O)[C@H](C)OC(=O)CNC(=O)c2ccc(C)c(C)c2)no1. The molecule has 0 saturated heterocycles. The highest BCUT2D eigenvalue weighted by Crippen LogP contribution is 2.10. The molecule has 0 aliphatic heterocycles. The van der Waals surface area contributed by atoms with E-state index in [-0.39, 0.29) is 18.3 Å². The van der Waals surface area contributed by atoms with Crippen LogP contribution in [0.1, 0.15) is 34.2 Å². The zero-order valence-corrected chi connectivity index (χ0v) is 15.1. The minimum absolute atomic E-state index is 0.235. The number of benzene rings is 1.